The second kappa shape index (κ2) is 5.51. The second-order valence-corrected chi connectivity index (χ2v) is 3.83. The van der Waals surface area contributed by atoms with Crippen molar-refractivity contribution in [3.8, 4) is 22.8 Å². The Morgan fingerprint density at radius 3 is 2.39 bits per heavy atom. The van der Waals surface area contributed by atoms with E-state index < -0.39 is 0 Å². The Morgan fingerprint density at radius 2 is 1.83 bits per heavy atom. The van der Waals surface area contributed by atoms with Crippen LogP contribution < -0.4 is 15.2 Å². The van der Waals surface area contributed by atoms with Gasteiger partial charge in [0.15, 0.2) is 11.5 Å². The molecule has 2 N–H and O–H groups in total. The first kappa shape index (κ1) is 12.4. The average Bonchev–Trinajstić information content (AvgIpc) is 2.46. The van der Waals surface area contributed by atoms with Gasteiger partial charge in [-0.2, -0.15) is 0 Å². The largest absolute Gasteiger partial charge is 0.493 e. The molecule has 2 aromatic rings. The Balaban J connectivity index is 2.37. The molecule has 1 aromatic carbocycles. The molecule has 4 heteroatoms. The molecule has 4 nitrogen and oxygen atoms in total. The van der Waals surface area contributed by atoms with Crippen LogP contribution in [-0.4, -0.2) is 19.2 Å². The third kappa shape index (κ3) is 2.43. The number of hydrogen-bond donors (Lipinski definition) is 1. The molecule has 94 valence electrons. The van der Waals surface area contributed by atoms with Crippen molar-refractivity contribution in [2.24, 2.45) is 5.73 Å². The van der Waals surface area contributed by atoms with Crippen LogP contribution in [0.25, 0.3) is 11.3 Å². The highest BCUT2D eigenvalue weighted by atomic mass is 16.5. The number of hydrogen-bond acceptors (Lipinski definition) is 4. The molecule has 0 aliphatic rings. The van der Waals surface area contributed by atoms with Crippen LogP contribution in [0.2, 0.25) is 0 Å². The first-order chi connectivity index (χ1) is 8.78. The third-order valence-electron chi connectivity index (χ3n) is 2.74. The van der Waals surface area contributed by atoms with Crippen molar-refractivity contribution in [1.29, 1.82) is 0 Å². The fourth-order valence-corrected chi connectivity index (χ4v) is 1.71. The van der Waals surface area contributed by atoms with Gasteiger partial charge in [0.2, 0.25) is 0 Å². The van der Waals surface area contributed by atoms with E-state index in [4.69, 9.17) is 15.2 Å². The zero-order valence-electron chi connectivity index (χ0n) is 10.5. The lowest BCUT2D eigenvalue weighted by molar-refractivity contribution is 0.355. The predicted molar refractivity (Wildman–Crippen MR) is 70.7 cm³/mol. The highest BCUT2D eigenvalue weighted by molar-refractivity contribution is 5.64. The van der Waals surface area contributed by atoms with Gasteiger partial charge in [0.1, 0.15) is 0 Å². The van der Waals surface area contributed by atoms with Crippen molar-refractivity contribution in [2.75, 3.05) is 14.2 Å². The second-order valence-electron chi connectivity index (χ2n) is 3.83. The fraction of sp³-hybridized carbons (Fsp3) is 0.214. The number of nitrogens with two attached hydrogens (primary N) is 1. The molecular formula is C14H16N2O2. The number of pyridine rings is 1. The lowest BCUT2D eigenvalue weighted by atomic mass is 10.1. The summed E-state index contributed by atoms with van der Waals surface area (Å²) < 4.78 is 10.5. The summed E-state index contributed by atoms with van der Waals surface area (Å²) in [6, 6.07) is 9.64. The topological polar surface area (TPSA) is 57.4 Å². The summed E-state index contributed by atoms with van der Waals surface area (Å²) in [7, 11) is 3.23. The van der Waals surface area contributed by atoms with Crippen LogP contribution >= 0.6 is 0 Å². The molecule has 0 radical (unpaired) electrons. The molecule has 1 heterocycles. The van der Waals surface area contributed by atoms with Crippen molar-refractivity contribution >= 4 is 0 Å². The standard InChI is InChI=1S/C14H16N2O2/c1-17-13-6-4-11(7-14(13)18-2)12-5-3-10(8-15)9-16-12/h3-7,9H,8,15H2,1-2H3. The van der Waals surface area contributed by atoms with Crippen molar-refractivity contribution in [1.82, 2.24) is 4.98 Å². The molecule has 0 bridgehead atoms. The van der Waals surface area contributed by atoms with Gasteiger partial charge in [0, 0.05) is 18.3 Å². The van der Waals surface area contributed by atoms with Crippen molar-refractivity contribution in [2.45, 2.75) is 6.54 Å². The summed E-state index contributed by atoms with van der Waals surface area (Å²) in [6.07, 6.45) is 1.78. The predicted octanol–water partition coefficient (Wildman–Crippen LogP) is 2.22. The summed E-state index contributed by atoms with van der Waals surface area (Å²) in [6.45, 7) is 0.499. The Kier molecular flexibility index (Phi) is 3.79. The quantitative estimate of drug-likeness (QED) is 0.896. The van der Waals surface area contributed by atoms with Crippen LogP contribution in [-0.2, 0) is 6.54 Å². The van der Waals surface area contributed by atoms with E-state index in [1.165, 1.54) is 0 Å². The molecule has 0 amide bonds. The first-order valence-electron chi connectivity index (χ1n) is 5.66. The molecule has 0 aliphatic carbocycles. The van der Waals surface area contributed by atoms with Crippen LogP contribution in [0.4, 0.5) is 0 Å². The minimum Gasteiger partial charge on any atom is -0.493 e. The molecule has 0 atom stereocenters. The molecule has 0 aliphatic heterocycles. The summed E-state index contributed by atoms with van der Waals surface area (Å²) in [5.41, 5.74) is 8.42. The number of rotatable bonds is 4. The van der Waals surface area contributed by atoms with Gasteiger partial charge in [-0.3, -0.25) is 4.98 Å². The molecule has 0 saturated heterocycles. The number of aromatic nitrogens is 1. The van der Waals surface area contributed by atoms with Gasteiger partial charge >= 0.3 is 0 Å². The van der Waals surface area contributed by atoms with Gasteiger partial charge in [-0.1, -0.05) is 6.07 Å². The minimum absolute atomic E-state index is 0.499. The monoisotopic (exact) mass is 244 g/mol. The maximum Gasteiger partial charge on any atom is 0.161 e. The number of benzene rings is 1. The molecule has 0 unspecified atom stereocenters. The number of ether oxygens (including phenoxy) is 2. The molecule has 1 aromatic heterocycles. The van der Waals surface area contributed by atoms with Crippen molar-refractivity contribution in [3.63, 3.8) is 0 Å². The van der Waals surface area contributed by atoms with Crippen LogP contribution in [0.5, 0.6) is 11.5 Å². The Labute approximate surface area is 106 Å². The molecule has 0 saturated carbocycles. The number of nitrogens with zero attached hydrogens (tertiary/aromatic N) is 1. The molecule has 0 spiro atoms. The summed E-state index contributed by atoms with van der Waals surface area (Å²) >= 11 is 0. The van der Waals surface area contributed by atoms with Gasteiger partial charge in [-0.25, -0.2) is 0 Å². The SMILES string of the molecule is COc1ccc(-c2ccc(CN)cn2)cc1OC. The van der Waals surface area contributed by atoms with E-state index >= 15 is 0 Å². The zero-order valence-corrected chi connectivity index (χ0v) is 10.5. The van der Waals surface area contributed by atoms with Crippen molar-refractivity contribution < 1.29 is 9.47 Å². The van der Waals surface area contributed by atoms with E-state index in [1.54, 1.807) is 20.4 Å². The van der Waals surface area contributed by atoms with Crippen LogP contribution in [0, 0.1) is 0 Å². The fourth-order valence-electron chi connectivity index (χ4n) is 1.71. The van der Waals surface area contributed by atoms with E-state index in [9.17, 15) is 0 Å². The first-order valence-corrected chi connectivity index (χ1v) is 5.66. The van der Waals surface area contributed by atoms with Crippen LogP contribution in [0.3, 0.4) is 0 Å². The summed E-state index contributed by atoms with van der Waals surface area (Å²) in [5.74, 6) is 1.40. The lowest BCUT2D eigenvalue weighted by Crippen LogP contribution is -1.97. The van der Waals surface area contributed by atoms with Gasteiger partial charge in [0.25, 0.3) is 0 Å². The van der Waals surface area contributed by atoms with E-state index in [0.29, 0.717) is 18.0 Å². The highest BCUT2D eigenvalue weighted by Gasteiger charge is 2.06. The van der Waals surface area contributed by atoms with E-state index in [1.807, 2.05) is 30.3 Å². The van der Waals surface area contributed by atoms with Crippen LogP contribution in [0.15, 0.2) is 36.5 Å². The Hall–Kier alpha value is -2.07. The van der Waals surface area contributed by atoms with Crippen LogP contribution in [0.1, 0.15) is 5.56 Å². The van der Waals surface area contributed by atoms with E-state index in [2.05, 4.69) is 4.98 Å². The molecular weight excluding hydrogens is 228 g/mol. The maximum absolute atomic E-state index is 5.55. The Morgan fingerprint density at radius 1 is 1.06 bits per heavy atom. The Bertz CT molecular complexity index is 524. The van der Waals surface area contributed by atoms with Gasteiger partial charge in [-0.05, 0) is 29.8 Å². The smallest absolute Gasteiger partial charge is 0.161 e. The molecule has 18 heavy (non-hydrogen) atoms. The summed E-state index contributed by atoms with van der Waals surface area (Å²) in [4.78, 5) is 4.37. The third-order valence-corrected chi connectivity index (χ3v) is 2.74. The average molecular weight is 244 g/mol. The van der Waals surface area contributed by atoms with E-state index in [0.717, 1.165) is 16.8 Å². The van der Waals surface area contributed by atoms with Crippen molar-refractivity contribution in [3.05, 3.63) is 42.1 Å². The molecule has 0 fully saturated rings. The zero-order chi connectivity index (χ0) is 13.0. The van der Waals surface area contributed by atoms with Gasteiger partial charge in [0.05, 0.1) is 19.9 Å². The number of methoxy groups -OCH3 is 2. The maximum atomic E-state index is 5.55. The van der Waals surface area contributed by atoms with Gasteiger partial charge in [-0.15, -0.1) is 0 Å². The molecule has 2 rings (SSSR count). The summed E-state index contributed by atoms with van der Waals surface area (Å²) in [5, 5.41) is 0. The van der Waals surface area contributed by atoms with Gasteiger partial charge < -0.3 is 15.2 Å². The minimum atomic E-state index is 0.499. The van der Waals surface area contributed by atoms with E-state index in [-0.39, 0.29) is 0 Å². The normalized spacial score (nSPS) is 10.2. The lowest BCUT2D eigenvalue weighted by Gasteiger charge is -2.09. The highest BCUT2D eigenvalue weighted by Crippen LogP contribution is 2.31.